The van der Waals surface area contributed by atoms with Crippen molar-refractivity contribution in [3.05, 3.63) is 35.4 Å². The summed E-state index contributed by atoms with van der Waals surface area (Å²) in [4.78, 5) is 16.8. The van der Waals surface area contributed by atoms with Crippen LogP contribution in [0, 0.1) is 11.8 Å². The lowest BCUT2D eigenvalue weighted by Crippen LogP contribution is -2.52. The lowest BCUT2D eigenvalue weighted by molar-refractivity contribution is 0.0533. The molecule has 1 unspecified atom stereocenters. The smallest absolute Gasteiger partial charge is 0.254 e. The third-order valence-corrected chi connectivity index (χ3v) is 3.54. The molecule has 2 N–H and O–H groups in total. The molecule has 0 aromatic heterocycles. The maximum atomic E-state index is 12.6. The summed E-state index contributed by atoms with van der Waals surface area (Å²) in [5, 5.41) is 0. The molecule has 4 heteroatoms. The second-order valence-corrected chi connectivity index (χ2v) is 5.20. The first-order valence-electron chi connectivity index (χ1n) is 6.90. The van der Waals surface area contributed by atoms with E-state index >= 15 is 0 Å². The van der Waals surface area contributed by atoms with Gasteiger partial charge in [-0.1, -0.05) is 17.9 Å². The van der Waals surface area contributed by atoms with Gasteiger partial charge in [-0.3, -0.25) is 4.79 Å². The van der Waals surface area contributed by atoms with E-state index in [4.69, 9.17) is 5.73 Å². The van der Waals surface area contributed by atoms with Crippen molar-refractivity contribution in [1.82, 2.24) is 9.80 Å². The molecule has 1 amide bonds. The summed E-state index contributed by atoms with van der Waals surface area (Å²) in [6, 6.07) is 7.69. The van der Waals surface area contributed by atoms with Crippen LogP contribution in [0.4, 0.5) is 0 Å². The fraction of sp³-hybridized carbons (Fsp3) is 0.438. The standard InChI is InChI=1S/C16H21N3O/c1-13-12-18(2)9-10-19(13)16(20)15-7-3-5-14(11-15)6-4-8-17/h3,5,7,11,13H,8-10,12,17H2,1-2H3. The lowest BCUT2D eigenvalue weighted by Gasteiger charge is -2.38. The molecule has 1 atom stereocenters. The molecule has 1 saturated heterocycles. The number of nitrogens with two attached hydrogens (primary N) is 1. The minimum Gasteiger partial charge on any atom is -0.333 e. The van der Waals surface area contributed by atoms with E-state index in [9.17, 15) is 4.79 Å². The monoisotopic (exact) mass is 271 g/mol. The first-order valence-corrected chi connectivity index (χ1v) is 6.90. The number of hydrogen-bond acceptors (Lipinski definition) is 3. The highest BCUT2D eigenvalue weighted by molar-refractivity contribution is 5.94. The zero-order chi connectivity index (χ0) is 14.5. The molecule has 1 aliphatic heterocycles. The first kappa shape index (κ1) is 14.6. The molecule has 2 rings (SSSR count). The summed E-state index contributed by atoms with van der Waals surface area (Å²) in [6.07, 6.45) is 0. The predicted octanol–water partition coefficient (Wildman–Crippen LogP) is 0.773. The van der Waals surface area contributed by atoms with Crippen molar-refractivity contribution in [2.45, 2.75) is 13.0 Å². The van der Waals surface area contributed by atoms with Crippen molar-refractivity contribution in [3.8, 4) is 11.8 Å². The molecule has 1 aromatic rings. The number of hydrogen-bond donors (Lipinski definition) is 1. The van der Waals surface area contributed by atoms with Crippen LogP contribution in [-0.2, 0) is 0 Å². The van der Waals surface area contributed by atoms with Crippen molar-refractivity contribution in [3.63, 3.8) is 0 Å². The second-order valence-electron chi connectivity index (χ2n) is 5.20. The summed E-state index contributed by atoms with van der Waals surface area (Å²) in [7, 11) is 2.08. The van der Waals surface area contributed by atoms with Crippen molar-refractivity contribution in [2.24, 2.45) is 5.73 Å². The number of piperazine rings is 1. The summed E-state index contributed by atoms with van der Waals surface area (Å²) in [5.74, 6) is 5.86. The molecule has 20 heavy (non-hydrogen) atoms. The Kier molecular flexibility index (Phi) is 4.78. The molecule has 1 heterocycles. The molecule has 1 aromatic carbocycles. The van der Waals surface area contributed by atoms with Gasteiger partial charge >= 0.3 is 0 Å². The highest BCUT2D eigenvalue weighted by Gasteiger charge is 2.26. The Hall–Kier alpha value is -1.83. The van der Waals surface area contributed by atoms with E-state index < -0.39 is 0 Å². The quantitative estimate of drug-likeness (QED) is 0.768. The van der Waals surface area contributed by atoms with Gasteiger partial charge in [0.1, 0.15) is 0 Å². The largest absolute Gasteiger partial charge is 0.333 e. The Morgan fingerprint density at radius 3 is 2.95 bits per heavy atom. The maximum absolute atomic E-state index is 12.6. The molecule has 1 fully saturated rings. The third kappa shape index (κ3) is 3.38. The van der Waals surface area contributed by atoms with Gasteiger partial charge < -0.3 is 15.5 Å². The Labute approximate surface area is 120 Å². The zero-order valence-electron chi connectivity index (χ0n) is 12.1. The molecular formula is C16H21N3O. The highest BCUT2D eigenvalue weighted by Crippen LogP contribution is 2.14. The van der Waals surface area contributed by atoms with Crippen molar-refractivity contribution >= 4 is 5.91 Å². The summed E-state index contributed by atoms with van der Waals surface area (Å²) >= 11 is 0. The maximum Gasteiger partial charge on any atom is 0.254 e. The molecule has 0 saturated carbocycles. The molecule has 0 bridgehead atoms. The Balaban J connectivity index is 2.16. The number of benzene rings is 1. The van der Waals surface area contributed by atoms with Crippen LogP contribution >= 0.6 is 0 Å². The Morgan fingerprint density at radius 2 is 2.25 bits per heavy atom. The van der Waals surface area contributed by atoms with Gasteiger partial charge in [-0.15, -0.1) is 0 Å². The third-order valence-electron chi connectivity index (χ3n) is 3.54. The van der Waals surface area contributed by atoms with E-state index in [0.717, 1.165) is 25.2 Å². The van der Waals surface area contributed by atoms with Gasteiger partial charge in [0.05, 0.1) is 6.54 Å². The number of carbonyl (C=O) groups is 1. The fourth-order valence-electron chi connectivity index (χ4n) is 2.49. The van der Waals surface area contributed by atoms with Crippen LogP contribution in [0.3, 0.4) is 0 Å². The topological polar surface area (TPSA) is 49.6 Å². The number of amides is 1. The summed E-state index contributed by atoms with van der Waals surface area (Å²) < 4.78 is 0. The van der Waals surface area contributed by atoms with Crippen molar-refractivity contribution < 1.29 is 4.79 Å². The van der Waals surface area contributed by atoms with Gasteiger partial charge in [0.25, 0.3) is 5.91 Å². The molecular weight excluding hydrogens is 250 g/mol. The van der Waals surface area contributed by atoms with Gasteiger partial charge in [0.2, 0.25) is 0 Å². The second kappa shape index (κ2) is 6.56. The van der Waals surface area contributed by atoms with Gasteiger partial charge in [0, 0.05) is 36.8 Å². The average molecular weight is 271 g/mol. The molecule has 0 aliphatic carbocycles. The minimum absolute atomic E-state index is 0.0852. The normalized spacial score (nSPS) is 19.4. The van der Waals surface area contributed by atoms with Crippen LogP contribution in [-0.4, -0.2) is 55.0 Å². The fourth-order valence-corrected chi connectivity index (χ4v) is 2.49. The van der Waals surface area contributed by atoms with E-state index in [-0.39, 0.29) is 11.9 Å². The Morgan fingerprint density at radius 1 is 1.45 bits per heavy atom. The van der Waals surface area contributed by atoms with Gasteiger partial charge in [0.15, 0.2) is 0 Å². The number of carbonyl (C=O) groups excluding carboxylic acids is 1. The molecule has 106 valence electrons. The van der Waals surface area contributed by atoms with Crippen LogP contribution in [0.2, 0.25) is 0 Å². The van der Waals surface area contributed by atoms with E-state index in [2.05, 4.69) is 30.7 Å². The van der Waals surface area contributed by atoms with E-state index in [1.54, 1.807) is 0 Å². The molecule has 0 radical (unpaired) electrons. The predicted molar refractivity (Wildman–Crippen MR) is 80.4 cm³/mol. The molecule has 0 spiro atoms. The average Bonchev–Trinajstić information content (AvgIpc) is 2.45. The minimum atomic E-state index is 0.0852. The van der Waals surface area contributed by atoms with Crippen LogP contribution in [0.5, 0.6) is 0 Å². The summed E-state index contributed by atoms with van der Waals surface area (Å²) in [5.41, 5.74) is 6.90. The number of likely N-dealkylation sites (N-methyl/N-ethyl adjacent to an activating group) is 1. The zero-order valence-corrected chi connectivity index (χ0v) is 12.1. The Bertz CT molecular complexity index is 544. The van der Waals surface area contributed by atoms with Crippen molar-refractivity contribution in [1.29, 1.82) is 0 Å². The number of rotatable bonds is 1. The van der Waals surface area contributed by atoms with Crippen LogP contribution in [0.1, 0.15) is 22.8 Å². The number of nitrogens with zero attached hydrogens (tertiary/aromatic N) is 2. The molecule has 1 aliphatic rings. The van der Waals surface area contributed by atoms with Gasteiger partial charge in [-0.2, -0.15) is 0 Å². The van der Waals surface area contributed by atoms with Crippen LogP contribution in [0.15, 0.2) is 24.3 Å². The van der Waals surface area contributed by atoms with Crippen LogP contribution < -0.4 is 5.73 Å². The summed E-state index contributed by atoms with van der Waals surface area (Å²) in [6.45, 7) is 5.02. The van der Waals surface area contributed by atoms with E-state index in [0.29, 0.717) is 12.1 Å². The van der Waals surface area contributed by atoms with Crippen LogP contribution in [0.25, 0.3) is 0 Å². The van der Waals surface area contributed by atoms with E-state index in [1.165, 1.54) is 0 Å². The van der Waals surface area contributed by atoms with E-state index in [1.807, 2.05) is 29.2 Å². The lowest BCUT2D eigenvalue weighted by atomic mass is 10.1. The highest BCUT2D eigenvalue weighted by atomic mass is 16.2. The van der Waals surface area contributed by atoms with Gasteiger partial charge in [-0.25, -0.2) is 0 Å². The van der Waals surface area contributed by atoms with Gasteiger partial charge in [-0.05, 0) is 32.2 Å². The van der Waals surface area contributed by atoms with Crippen molar-refractivity contribution in [2.75, 3.05) is 33.2 Å². The first-order chi connectivity index (χ1) is 9.61. The SMILES string of the molecule is CC1CN(C)CCN1C(=O)c1cccc(C#CCN)c1. The molecule has 4 nitrogen and oxygen atoms in total.